The van der Waals surface area contributed by atoms with Crippen molar-refractivity contribution in [2.75, 3.05) is 47.9 Å². The van der Waals surface area contributed by atoms with Crippen LogP contribution in [0.25, 0.3) is 11.3 Å². The van der Waals surface area contributed by atoms with Crippen molar-refractivity contribution >= 4 is 46.9 Å². The van der Waals surface area contributed by atoms with E-state index in [4.69, 9.17) is 32.7 Å². The van der Waals surface area contributed by atoms with Crippen molar-refractivity contribution in [3.63, 3.8) is 0 Å². The van der Waals surface area contributed by atoms with Gasteiger partial charge in [0.25, 0.3) is 0 Å². The van der Waals surface area contributed by atoms with E-state index in [1.54, 1.807) is 60.2 Å². The summed E-state index contributed by atoms with van der Waals surface area (Å²) in [5.74, 6) is -2.86. The maximum Gasteiger partial charge on any atom is 0.304 e. The van der Waals surface area contributed by atoms with E-state index in [2.05, 4.69) is 15.3 Å². The standard InChI is InChI=1S/C52H62Cl2FN7O7/c1-33(12-21-42-43(55)26-39(54)27-46(42)69-41-19-15-36(16-20-41)45-29-56-47(60(45)5)30-59(3)4)49(65)58-44(31-68-7)51(67)61(6)52(28-35-13-17-38(53)18-14-35)22-9-23-62(32-52)50(66)37(25-48(63)64)24-40-11-8-10-34(2)57-40/h8,10-11,13-20,26-27,29,33,37,44H,9,12,21-25,28,30-32H2,1-7H3,(H,58,65)(H,63,64)/t33-,37-,44+,52-/m1/s1. The van der Waals surface area contributed by atoms with Gasteiger partial charge in [-0.15, -0.1) is 0 Å². The Morgan fingerprint density at radius 3 is 2.39 bits per heavy atom. The molecule has 3 heterocycles. The van der Waals surface area contributed by atoms with Crippen LogP contribution in [0, 0.1) is 24.6 Å². The first kappa shape index (κ1) is 52.5. The van der Waals surface area contributed by atoms with Gasteiger partial charge in [-0.25, -0.2) is 9.37 Å². The van der Waals surface area contributed by atoms with Crippen molar-refractivity contribution in [2.24, 2.45) is 18.9 Å². The van der Waals surface area contributed by atoms with Gasteiger partial charge in [0.05, 0.1) is 42.9 Å². The number of pyridine rings is 1. The Kier molecular flexibility index (Phi) is 18.0. The number of nitrogens with one attached hydrogen (secondary N) is 1. The Hall–Kier alpha value is -5.87. The van der Waals surface area contributed by atoms with Gasteiger partial charge in [-0.3, -0.25) is 24.2 Å². The molecule has 4 atom stereocenters. The average molecular weight is 987 g/mol. The van der Waals surface area contributed by atoms with Crippen LogP contribution in [0.15, 0.2) is 85.1 Å². The first-order valence-electron chi connectivity index (χ1n) is 23.0. The number of halogens is 3. The molecule has 0 radical (unpaired) electrons. The molecule has 6 rings (SSSR count). The highest BCUT2D eigenvalue weighted by molar-refractivity contribution is 6.31. The third-order valence-electron chi connectivity index (χ3n) is 12.8. The van der Waals surface area contributed by atoms with Crippen LogP contribution in [0.5, 0.6) is 11.5 Å². The smallest absolute Gasteiger partial charge is 0.304 e. The molecule has 1 aliphatic heterocycles. The Morgan fingerprint density at radius 2 is 1.72 bits per heavy atom. The molecule has 2 aromatic heterocycles. The van der Waals surface area contributed by atoms with Gasteiger partial charge in [0.1, 0.15) is 29.2 Å². The minimum absolute atomic E-state index is 0.113. The van der Waals surface area contributed by atoms with Crippen molar-refractivity contribution in [3.8, 4) is 22.8 Å². The van der Waals surface area contributed by atoms with Crippen LogP contribution in [0.3, 0.4) is 0 Å². The van der Waals surface area contributed by atoms with Crippen molar-refractivity contribution < 1.29 is 38.1 Å². The molecule has 5 aromatic rings. The quantitative estimate of drug-likeness (QED) is 0.0735. The number of nitrogens with zero attached hydrogens (tertiary/aromatic N) is 6. The number of aliphatic carboxylic acids is 1. The summed E-state index contributed by atoms with van der Waals surface area (Å²) >= 11 is 12.6. The second-order valence-electron chi connectivity index (χ2n) is 18.4. The second kappa shape index (κ2) is 23.6. The molecule has 0 spiro atoms. The van der Waals surface area contributed by atoms with Crippen molar-refractivity contribution in [2.45, 2.75) is 76.9 Å². The fourth-order valence-corrected chi connectivity index (χ4v) is 9.32. The molecule has 0 aliphatic carbocycles. The summed E-state index contributed by atoms with van der Waals surface area (Å²) < 4.78 is 29.4. The van der Waals surface area contributed by atoms with Crippen LogP contribution in [0.4, 0.5) is 4.39 Å². The first-order valence-corrected chi connectivity index (χ1v) is 23.8. The molecule has 1 aliphatic rings. The number of aryl methyl sites for hydroxylation is 1. The van der Waals surface area contributed by atoms with E-state index in [9.17, 15) is 24.3 Å². The van der Waals surface area contributed by atoms with Gasteiger partial charge in [0.15, 0.2) is 0 Å². The minimum atomic E-state index is -1.12. The van der Waals surface area contributed by atoms with E-state index in [1.165, 1.54) is 13.2 Å². The number of carbonyl (C=O) groups excluding carboxylic acids is 3. The number of imidazole rings is 1. The van der Waals surface area contributed by atoms with E-state index in [-0.39, 0.29) is 61.1 Å². The lowest BCUT2D eigenvalue weighted by Crippen LogP contribution is -2.65. The third kappa shape index (κ3) is 13.7. The lowest BCUT2D eigenvalue weighted by Gasteiger charge is -2.49. The summed E-state index contributed by atoms with van der Waals surface area (Å²) in [6, 6.07) is 21.7. The number of carboxylic acid groups (broad SMARTS) is 1. The number of benzene rings is 3. The number of ether oxygens (including phenoxy) is 2. The molecule has 2 N–H and O–H groups in total. The zero-order valence-corrected chi connectivity index (χ0v) is 41.8. The highest BCUT2D eigenvalue weighted by atomic mass is 35.5. The van der Waals surface area contributed by atoms with E-state index >= 15 is 4.39 Å². The third-order valence-corrected chi connectivity index (χ3v) is 13.3. The van der Waals surface area contributed by atoms with Crippen LogP contribution in [0.1, 0.15) is 60.9 Å². The number of carboxylic acids is 1. The molecule has 3 aromatic carbocycles. The Morgan fingerprint density at radius 1 is 1.00 bits per heavy atom. The fraction of sp³-hybridized carbons (Fsp3) is 0.423. The summed E-state index contributed by atoms with van der Waals surface area (Å²) in [5, 5.41) is 13.5. The molecule has 0 unspecified atom stereocenters. The number of carbonyl (C=O) groups is 4. The number of piperidine rings is 1. The summed E-state index contributed by atoms with van der Waals surface area (Å²) in [7, 11) is 9.03. The molecule has 17 heteroatoms. The van der Waals surface area contributed by atoms with Gasteiger partial charge < -0.3 is 39.2 Å². The number of likely N-dealkylation sites (N-methyl/N-ethyl adjacent to an activating group) is 1. The molecular weight excluding hydrogens is 925 g/mol. The second-order valence-corrected chi connectivity index (χ2v) is 19.2. The summed E-state index contributed by atoms with van der Waals surface area (Å²) in [6.07, 6.45) is 3.28. The van der Waals surface area contributed by atoms with Gasteiger partial charge >= 0.3 is 5.97 Å². The SMILES string of the molecule is COC[C@H](NC(=O)[C@H](C)CCc1c(F)cc(Cl)cc1Oc1ccc(-c2cnc(CN(C)C)n2C)cc1)C(=O)N(C)[C@@]1(Cc2ccc(Cl)cc2)CCCN(C(=O)[C@@H](CC(=O)O)Cc2cccc(C)n2)C1. The number of methoxy groups -OCH3 is 1. The van der Waals surface area contributed by atoms with E-state index in [0.29, 0.717) is 48.8 Å². The van der Waals surface area contributed by atoms with Crippen LogP contribution in [0.2, 0.25) is 10.0 Å². The van der Waals surface area contributed by atoms with Crippen molar-refractivity contribution in [1.82, 2.24) is 34.6 Å². The Labute approximate surface area is 413 Å². The van der Waals surface area contributed by atoms with Gasteiger partial charge in [-0.1, -0.05) is 48.3 Å². The van der Waals surface area contributed by atoms with Crippen LogP contribution >= 0.6 is 23.2 Å². The molecule has 1 saturated heterocycles. The molecule has 1 fully saturated rings. The van der Waals surface area contributed by atoms with E-state index in [1.807, 2.05) is 80.1 Å². The number of amides is 3. The molecule has 0 bridgehead atoms. The summed E-state index contributed by atoms with van der Waals surface area (Å²) in [6.45, 7) is 4.56. The first-order chi connectivity index (χ1) is 32.9. The van der Waals surface area contributed by atoms with Crippen LogP contribution < -0.4 is 10.1 Å². The maximum atomic E-state index is 15.7. The van der Waals surface area contributed by atoms with Gasteiger partial charge in [0.2, 0.25) is 17.7 Å². The highest BCUT2D eigenvalue weighted by Gasteiger charge is 2.45. The summed E-state index contributed by atoms with van der Waals surface area (Å²) in [4.78, 5) is 69.5. The summed E-state index contributed by atoms with van der Waals surface area (Å²) in [5.41, 5.74) is 3.38. The lowest BCUT2D eigenvalue weighted by molar-refractivity contribution is -0.151. The fourth-order valence-electron chi connectivity index (χ4n) is 9.00. The van der Waals surface area contributed by atoms with Gasteiger partial charge in [-0.2, -0.15) is 0 Å². The van der Waals surface area contributed by atoms with Crippen molar-refractivity contribution in [3.05, 3.63) is 129 Å². The number of aromatic nitrogens is 3. The number of rotatable bonds is 21. The Bertz CT molecular complexity index is 2590. The monoisotopic (exact) mass is 985 g/mol. The molecule has 69 heavy (non-hydrogen) atoms. The van der Waals surface area contributed by atoms with E-state index < -0.39 is 47.0 Å². The van der Waals surface area contributed by atoms with Crippen LogP contribution in [-0.4, -0.2) is 118 Å². The molecule has 14 nitrogen and oxygen atoms in total. The largest absolute Gasteiger partial charge is 0.481 e. The number of likely N-dealkylation sites (tertiary alicyclic amines) is 1. The predicted octanol–water partition coefficient (Wildman–Crippen LogP) is 8.19. The molecular formula is C52H62Cl2FN7O7. The topological polar surface area (TPSA) is 159 Å². The van der Waals surface area contributed by atoms with Gasteiger partial charge in [0, 0.05) is 79.2 Å². The molecule has 368 valence electrons. The average Bonchev–Trinajstić information content (AvgIpc) is 3.66. The maximum absolute atomic E-state index is 15.7. The Balaban J connectivity index is 1.17. The lowest BCUT2D eigenvalue weighted by atomic mass is 9.80. The minimum Gasteiger partial charge on any atom is -0.481 e. The molecule has 0 saturated carbocycles. The highest BCUT2D eigenvalue weighted by Crippen LogP contribution is 2.35. The zero-order chi connectivity index (χ0) is 50.0. The van der Waals surface area contributed by atoms with Gasteiger partial charge in [-0.05, 0) is 119 Å². The molecule has 3 amide bonds. The zero-order valence-electron chi connectivity index (χ0n) is 40.3. The number of hydrogen-bond acceptors (Lipinski definition) is 9. The van der Waals surface area contributed by atoms with Crippen molar-refractivity contribution in [1.29, 1.82) is 0 Å². The number of hydrogen-bond donors (Lipinski definition) is 2. The van der Waals surface area contributed by atoms with E-state index in [0.717, 1.165) is 28.3 Å². The normalized spacial score (nSPS) is 16.2. The van der Waals surface area contributed by atoms with Crippen LogP contribution in [-0.2, 0) is 56.8 Å². The predicted molar refractivity (Wildman–Crippen MR) is 264 cm³/mol.